The van der Waals surface area contributed by atoms with Crippen LogP contribution in [0.3, 0.4) is 0 Å². The lowest BCUT2D eigenvalue weighted by Gasteiger charge is -2.36. The molecule has 23 heavy (non-hydrogen) atoms. The first-order valence-corrected chi connectivity index (χ1v) is 9.76. The van der Waals surface area contributed by atoms with Gasteiger partial charge in [-0.1, -0.05) is 6.92 Å². The van der Waals surface area contributed by atoms with E-state index in [1.54, 1.807) is 0 Å². The van der Waals surface area contributed by atoms with Crippen LogP contribution in [0.5, 0.6) is 0 Å². The van der Waals surface area contributed by atoms with Gasteiger partial charge in [-0.2, -0.15) is 0 Å². The molecule has 1 N–H and O–H groups in total. The maximum atomic E-state index is 11.8. The van der Waals surface area contributed by atoms with Gasteiger partial charge in [0.15, 0.2) is 0 Å². The number of benzene rings is 1. The molecule has 0 saturated carbocycles. The number of ether oxygens (including phenoxy) is 1. The van der Waals surface area contributed by atoms with Crippen LogP contribution in [0.25, 0.3) is 0 Å². The highest BCUT2D eigenvalue weighted by Crippen LogP contribution is 2.20. The molecule has 0 aliphatic carbocycles. The summed E-state index contributed by atoms with van der Waals surface area (Å²) in [4.78, 5) is 4.82. The Morgan fingerprint density at radius 2 is 1.78 bits per heavy atom. The molecule has 1 aromatic carbocycles. The van der Waals surface area contributed by atoms with Gasteiger partial charge in [-0.3, -0.25) is 9.62 Å². The van der Waals surface area contributed by atoms with Crippen molar-refractivity contribution in [3.63, 3.8) is 0 Å². The predicted molar refractivity (Wildman–Crippen MR) is 94.7 cm³/mol. The minimum Gasteiger partial charge on any atom is -0.384 e. The normalized spacial score (nSPS) is 16.5. The van der Waals surface area contributed by atoms with E-state index in [1.807, 2.05) is 24.3 Å². The van der Waals surface area contributed by atoms with Gasteiger partial charge in [0.25, 0.3) is 0 Å². The molecule has 7 heteroatoms. The Hall–Kier alpha value is -1.31. The van der Waals surface area contributed by atoms with Gasteiger partial charge in [-0.25, -0.2) is 8.42 Å². The number of nitrogens with zero attached hydrogens (tertiary/aromatic N) is 2. The molecule has 0 bridgehead atoms. The molecular formula is C16H27N3O3S. The number of methoxy groups -OCH3 is 1. The van der Waals surface area contributed by atoms with E-state index in [-0.39, 0.29) is 12.4 Å². The minimum atomic E-state index is -3.34. The quantitative estimate of drug-likeness (QED) is 0.778. The Bertz CT molecular complexity index is 567. The number of hydrogen-bond acceptors (Lipinski definition) is 5. The molecule has 0 amide bonds. The van der Waals surface area contributed by atoms with Crippen molar-refractivity contribution in [2.24, 2.45) is 0 Å². The Labute approximate surface area is 139 Å². The van der Waals surface area contributed by atoms with Crippen LogP contribution in [-0.4, -0.2) is 65.5 Å². The fraction of sp³-hybridized carbons (Fsp3) is 0.625. The molecule has 0 atom stereocenters. The van der Waals surface area contributed by atoms with E-state index in [2.05, 4.69) is 21.4 Å². The summed E-state index contributed by atoms with van der Waals surface area (Å²) in [5.74, 6) is -0.0371. The van der Waals surface area contributed by atoms with Crippen LogP contribution in [0.4, 0.5) is 11.4 Å². The zero-order valence-electron chi connectivity index (χ0n) is 14.0. The number of hydrogen-bond donors (Lipinski definition) is 1. The van der Waals surface area contributed by atoms with Crippen molar-refractivity contribution in [1.29, 1.82) is 0 Å². The lowest BCUT2D eigenvalue weighted by molar-refractivity contribution is 0.217. The molecule has 1 aliphatic heterocycles. The van der Waals surface area contributed by atoms with Crippen LogP contribution in [0.1, 0.15) is 13.3 Å². The lowest BCUT2D eigenvalue weighted by atomic mass is 10.2. The molecule has 1 aliphatic rings. The molecule has 0 unspecified atom stereocenters. The van der Waals surface area contributed by atoms with Crippen molar-refractivity contribution in [3.05, 3.63) is 24.3 Å². The van der Waals surface area contributed by atoms with E-state index >= 15 is 0 Å². The first-order chi connectivity index (χ1) is 11.0. The first-order valence-electron chi connectivity index (χ1n) is 8.11. The molecule has 6 nitrogen and oxygen atoms in total. The Morgan fingerprint density at radius 1 is 1.13 bits per heavy atom. The fourth-order valence-electron chi connectivity index (χ4n) is 2.71. The molecule has 1 saturated heterocycles. The van der Waals surface area contributed by atoms with Gasteiger partial charge in [0.1, 0.15) is 0 Å². The van der Waals surface area contributed by atoms with E-state index in [0.717, 1.165) is 38.4 Å². The molecule has 2 rings (SSSR count). The summed E-state index contributed by atoms with van der Waals surface area (Å²) in [6, 6.07) is 7.59. The monoisotopic (exact) mass is 341 g/mol. The van der Waals surface area contributed by atoms with Crippen LogP contribution in [-0.2, 0) is 14.8 Å². The van der Waals surface area contributed by atoms with Crippen LogP contribution in [0.2, 0.25) is 0 Å². The third kappa shape index (κ3) is 5.67. The molecule has 1 fully saturated rings. The Balaban J connectivity index is 1.90. The second-order valence-electron chi connectivity index (χ2n) is 5.79. The smallest absolute Gasteiger partial charge is 0.234 e. The second-order valence-corrected chi connectivity index (χ2v) is 7.63. The molecule has 1 heterocycles. The summed E-state index contributed by atoms with van der Waals surface area (Å²) in [7, 11) is -1.85. The topological polar surface area (TPSA) is 61.9 Å². The van der Waals surface area contributed by atoms with Crippen LogP contribution in [0.15, 0.2) is 24.3 Å². The van der Waals surface area contributed by atoms with Gasteiger partial charge in [0, 0.05) is 44.7 Å². The molecular weight excluding hydrogens is 314 g/mol. The van der Waals surface area contributed by atoms with Crippen molar-refractivity contribution < 1.29 is 13.2 Å². The summed E-state index contributed by atoms with van der Waals surface area (Å²) in [6.07, 6.45) is 1.19. The van der Waals surface area contributed by atoms with E-state index in [9.17, 15) is 8.42 Å². The van der Waals surface area contributed by atoms with Crippen molar-refractivity contribution in [3.8, 4) is 0 Å². The Kier molecular flexibility index (Phi) is 6.68. The largest absolute Gasteiger partial charge is 0.384 e. The molecule has 0 spiro atoms. The standard InChI is InChI=1S/C16H27N3O3S/c1-3-8-18-9-11-19(12-10-18)16-6-4-15(5-7-16)17-23(20,21)14-13-22-2/h4-7,17H,3,8-14H2,1-2H3. The average Bonchev–Trinajstić information content (AvgIpc) is 2.55. The summed E-state index contributed by atoms with van der Waals surface area (Å²) in [5.41, 5.74) is 1.73. The number of nitrogens with one attached hydrogen (secondary N) is 1. The van der Waals surface area contributed by atoms with E-state index in [1.165, 1.54) is 13.5 Å². The average molecular weight is 341 g/mol. The molecule has 0 radical (unpaired) electrons. The van der Waals surface area contributed by atoms with Gasteiger partial charge in [0.05, 0.1) is 12.4 Å². The number of piperazine rings is 1. The van der Waals surface area contributed by atoms with Crippen LogP contribution < -0.4 is 9.62 Å². The second kappa shape index (κ2) is 8.52. The van der Waals surface area contributed by atoms with Crippen molar-refractivity contribution >= 4 is 21.4 Å². The molecule has 0 aromatic heterocycles. The van der Waals surface area contributed by atoms with E-state index in [4.69, 9.17) is 4.74 Å². The number of anilines is 2. The first kappa shape index (κ1) is 18.0. The van der Waals surface area contributed by atoms with Gasteiger partial charge in [-0.15, -0.1) is 0 Å². The highest BCUT2D eigenvalue weighted by atomic mass is 32.2. The minimum absolute atomic E-state index is 0.0371. The molecule has 1 aromatic rings. The van der Waals surface area contributed by atoms with Crippen LogP contribution in [0, 0.1) is 0 Å². The maximum absolute atomic E-state index is 11.8. The third-order valence-corrected chi connectivity index (χ3v) is 5.22. The maximum Gasteiger partial charge on any atom is 0.234 e. The zero-order chi connectivity index (χ0) is 16.7. The number of sulfonamides is 1. The van der Waals surface area contributed by atoms with Gasteiger partial charge < -0.3 is 9.64 Å². The molecule has 130 valence electrons. The van der Waals surface area contributed by atoms with Crippen molar-refractivity contribution in [2.45, 2.75) is 13.3 Å². The Morgan fingerprint density at radius 3 is 2.35 bits per heavy atom. The van der Waals surface area contributed by atoms with E-state index < -0.39 is 10.0 Å². The lowest BCUT2D eigenvalue weighted by Crippen LogP contribution is -2.46. The summed E-state index contributed by atoms with van der Waals surface area (Å²) in [5, 5.41) is 0. The zero-order valence-corrected chi connectivity index (χ0v) is 14.8. The highest BCUT2D eigenvalue weighted by Gasteiger charge is 2.16. The van der Waals surface area contributed by atoms with Gasteiger partial charge in [0.2, 0.25) is 10.0 Å². The van der Waals surface area contributed by atoms with Gasteiger partial charge >= 0.3 is 0 Å². The number of rotatable bonds is 8. The predicted octanol–water partition coefficient (Wildman–Crippen LogP) is 1.61. The fourth-order valence-corrected chi connectivity index (χ4v) is 3.69. The highest BCUT2D eigenvalue weighted by molar-refractivity contribution is 7.92. The van der Waals surface area contributed by atoms with Crippen molar-refractivity contribution in [1.82, 2.24) is 4.90 Å². The SMILES string of the molecule is CCCN1CCN(c2ccc(NS(=O)(=O)CCOC)cc2)CC1. The summed E-state index contributed by atoms with van der Waals surface area (Å²) in [6.45, 7) is 7.75. The van der Waals surface area contributed by atoms with Crippen molar-refractivity contribution in [2.75, 3.05) is 61.8 Å². The third-order valence-electron chi connectivity index (χ3n) is 3.97. The summed E-state index contributed by atoms with van der Waals surface area (Å²) >= 11 is 0. The van der Waals surface area contributed by atoms with Gasteiger partial charge in [-0.05, 0) is 37.2 Å². The summed E-state index contributed by atoms with van der Waals surface area (Å²) < 4.78 is 31.1. The van der Waals surface area contributed by atoms with E-state index in [0.29, 0.717) is 5.69 Å². The van der Waals surface area contributed by atoms with Crippen LogP contribution >= 0.6 is 0 Å².